The van der Waals surface area contributed by atoms with Gasteiger partial charge < -0.3 is 15.0 Å². The van der Waals surface area contributed by atoms with Crippen LogP contribution in [0.15, 0.2) is 29.1 Å². The fourth-order valence-electron chi connectivity index (χ4n) is 2.86. The summed E-state index contributed by atoms with van der Waals surface area (Å²) in [7, 11) is 1.33. The maximum Gasteiger partial charge on any atom is 0.337 e. The number of amides is 1. The summed E-state index contributed by atoms with van der Waals surface area (Å²) in [4.78, 5) is 45.4. The number of H-pyrrole nitrogens is 1. The number of aryl methyl sites for hydroxylation is 2. The number of carbonyl (C=O) groups is 2. The first-order valence-corrected chi connectivity index (χ1v) is 11.2. The molecule has 0 radical (unpaired) electrons. The van der Waals surface area contributed by atoms with Crippen LogP contribution in [0.3, 0.4) is 0 Å². The molecule has 0 spiro atoms. The first kappa shape index (κ1) is 22.0. The predicted molar refractivity (Wildman–Crippen MR) is 120 cm³/mol. The Morgan fingerprint density at radius 2 is 1.97 bits per heavy atom. The van der Waals surface area contributed by atoms with Crippen LogP contribution in [0.5, 0.6) is 0 Å². The molecule has 2 aromatic heterocycles. The van der Waals surface area contributed by atoms with Crippen LogP contribution in [0.2, 0.25) is 0 Å². The van der Waals surface area contributed by atoms with Crippen molar-refractivity contribution in [2.45, 2.75) is 38.3 Å². The minimum Gasteiger partial charge on any atom is -0.465 e. The van der Waals surface area contributed by atoms with E-state index in [1.165, 1.54) is 30.2 Å². The monoisotopic (exact) mass is 445 g/mol. The molecule has 3 rings (SSSR count). The summed E-state index contributed by atoms with van der Waals surface area (Å²) in [5, 5.41) is 3.22. The minimum absolute atomic E-state index is 0.108. The first-order chi connectivity index (χ1) is 14.3. The Hall–Kier alpha value is -2.65. The lowest BCUT2D eigenvalue weighted by Gasteiger charge is -2.12. The molecule has 1 unspecified atom stereocenters. The summed E-state index contributed by atoms with van der Waals surface area (Å²) in [6.07, 6.45) is 0. The molecule has 9 heteroatoms. The summed E-state index contributed by atoms with van der Waals surface area (Å²) in [5.41, 5.74) is 2.18. The number of rotatable bonds is 7. The number of ether oxygens (including phenoxy) is 1. The van der Waals surface area contributed by atoms with Gasteiger partial charge in [0.05, 0.1) is 29.1 Å². The van der Waals surface area contributed by atoms with Gasteiger partial charge in [-0.05, 0) is 44.0 Å². The topological polar surface area (TPSA) is 101 Å². The number of nitrogens with one attached hydrogen (secondary N) is 2. The molecular formula is C21H23N3O4S2. The minimum atomic E-state index is -0.395. The fraction of sp³-hybridized carbons (Fsp3) is 0.333. The van der Waals surface area contributed by atoms with Gasteiger partial charge in [-0.2, -0.15) is 0 Å². The average Bonchev–Trinajstić information content (AvgIpc) is 3.03. The van der Waals surface area contributed by atoms with Gasteiger partial charge in [0.2, 0.25) is 5.91 Å². The number of hydrogen-bond acceptors (Lipinski definition) is 7. The largest absolute Gasteiger partial charge is 0.465 e. The van der Waals surface area contributed by atoms with E-state index >= 15 is 0 Å². The van der Waals surface area contributed by atoms with E-state index in [1.807, 2.05) is 20.8 Å². The van der Waals surface area contributed by atoms with Gasteiger partial charge in [-0.25, -0.2) is 9.78 Å². The van der Waals surface area contributed by atoms with Crippen molar-refractivity contribution in [2.75, 3.05) is 7.11 Å². The molecule has 0 aliphatic carbocycles. The highest BCUT2D eigenvalue weighted by atomic mass is 32.2. The lowest BCUT2D eigenvalue weighted by Crippen LogP contribution is -2.30. The lowest BCUT2D eigenvalue weighted by molar-refractivity contribution is -0.120. The standard InChI is InChI=1S/C21H23N3O4S2/c1-11-12(2)30-20-17(11)19(26)23-16(24-20)10-29-13(3)18(25)22-9-14-5-7-15(8-6-14)21(27)28-4/h5-8,13H,9-10H2,1-4H3,(H,22,25)(H,23,24,26). The van der Waals surface area contributed by atoms with Crippen LogP contribution >= 0.6 is 23.1 Å². The van der Waals surface area contributed by atoms with Gasteiger partial charge in [0, 0.05) is 11.4 Å². The second-order valence-electron chi connectivity index (χ2n) is 6.84. The third kappa shape index (κ3) is 4.91. The number of carbonyl (C=O) groups excluding carboxylic acids is 2. The maximum atomic E-state index is 12.4. The highest BCUT2D eigenvalue weighted by Gasteiger charge is 2.16. The van der Waals surface area contributed by atoms with Crippen LogP contribution in [-0.4, -0.2) is 34.2 Å². The van der Waals surface area contributed by atoms with Crippen molar-refractivity contribution in [3.8, 4) is 0 Å². The number of fused-ring (bicyclic) bond motifs is 1. The van der Waals surface area contributed by atoms with E-state index in [0.717, 1.165) is 20.8 Å². The van der Waals surface area contributed by atoms with Crippen molar-refractivity contribution in [3.05, 3.63) is 62.0 Å². The molecule has 0 aliphatic heterocycles. The van der Waals surface area contributed by atoms with Gasteiger partial charge >= 0.3 is 5.97 Å². The van der Waals surface area contributed by atoms with Crippen LogP contribution in [0.25, 0.3) is 10.2 Å². The third-order valence-corrected chi connectivity index (χ3v) is 7.02. The van der Waals surface area contributed by atoms with Crippen LogP contribution in [0.1, 0.15) is 39.1 Å². The smallest absolute Gasteiger partial charge is 0.337 e. The number of benzene rings is 1. The second kappa shape index (κ2) is 9.44. The van der Waals surface area contributed by atoms with Crippen molar-refractivity contribution in [1.82, 2.24) is 15.3 Å². The first-order valence-electron chi connectivity index (χ1n) is 9.35. The predicted octanol–water partition coefficient (Wildman–Crippen LogP) is 3.33. The Bertz CT molecular complexity index is 1140. The number of thiophene rings is 1. The van der Waals surface area contributed by atoms with Crippen molar-refractivity contribution < 1.29 is 14.3 Å². The number of hydrogen-bond donors (Lipinski definition) is 2. The normalized spacial score (nSPS) is 12.0. The van der Waals surface area contributed by atoms with Gasteiger partial charge in [0.1, 0.15) is 10.7 Å². The number of esters is 1. The Morgan fingerprint density at radius 1 is 1.27 bits per heavy atom. The highest BCUT2D eigenvalue weighted by Crippen LogP contribution is 2.26. The van der Waals surface area contributed by atoms with Crippen molar-refractivity contribution in [3.63, 3.8) is 0 Å². The van der Waals surface area contributed by atoms with Crippen molar-refractivity contribution in [2.24, 2.45) is 0 Å². The molecule has 1 amide bonds. The maximum absolute atomic E-state index is 12.4. The zero-order chi connectivity index (χ0) is 21.8. The summed E-state index contributed by atoms with van der Waals surface area (Å²) in [5.74, 6) is 0.497. The molecule has 0 saturated carbocycles. The van der Waals surface area contributed by atoms with E-state index in [1.54, 1.807) is 24.3 Å². The van der Waals surface area contributed by atoms with E-state index in [2.05, 4.69) is 20.0 Å². The number of aromatic nitrogens is 2. The van der Waals surface area contributed by atoms with E-state index in [4.69, 9.17) is 0 Å². The Kier molecular flexibility index (Phi) is 6.94. The lowest BCUT2D eigenvalue weighted by atomic mass is 10.1. The van der Waals surface area contributed by atoms with E-state index in [9.17, 15) is 14.4 Å². The van der Waals surface area contributed by atoms with Gasteiger partial charge in [-0.1, -0.05) is 12.1 Å². The second-order valence-corrected chi connectivity index (χ2v) is 9.37. The van der Waals surface area contributed by atoms with Crippen LogP contribution in [0, 0.1) is 13.8 Å². The molecule has 1 atom stereocenters. The van der Waals surface area contributed by atoms with Gasteiger partial charge in [-0.15, -0.1) is 23.1 Å². The molecule has 158 valence electrons. The molecule has 3 aromatic rings. The Morgan fingerprint density at radius 3 is 2.63 bits per heavy atom. The van der Waals surface area contributed by atoms with Crippen LogP contribution in [0.4, 0.5) is 0 Å². The molecule has 7 nitrogen and oxygen atoms in total. The van der Waals surface area contributed by atoms with Crippen molar-refractivity contribution in [1.29, 1.82) is 0 Å². The molecular weight excluding hydrogens is 422 g/mol. The fourth-order valence-corrected chi connectivity index (χ4v) is 4.68. The highest BCUT2D eigenvalue weighted by molar-refractivity contribution is 7.99. The summed E-state index contributed by atoms with van der Waals surface area (Å²) < 4.78 is 4.67. The third-order valence-electron chi connectivity index (χ3n) is 4.77. The molecule has 2 heterocycles. The SMILES string of the molecule is COC(=O)c1ccc(CNC(=O)C(C)SCc2nc3sc(C)c(C)c3c(=O)[nH]2)cc1. The number of methoxy groups -OCH3 is 1. The number of aromatic amines is 1. The molecule has 30 heavy (non-hydrogen) atoms. The van der Waals surface area contributed by atoms with E-state index in [-0.39, 0.29) is 16.7 Å². The number of nitrogens with zero attached hydrogens (tertiary/aromatic N) is 1. The van der Waals surface area contributed by atoms with Crippen LogP contribution in [-0.2, 0) is 21.8 Å². The quantitative estimate of drug-likeness (QED) is 0.541. The zero-order valence-corrected chi connectivity index (χ0v) is 18.8. The van der Waals surface area contributed by atoms with E-state index < -0.39 is 5.97 Å². The average molecular weight is 446 g/mol. The molecule has 2 N–H and O–H groups in total. The summed E-state index contributed by atoms with van der Waals surface area (Å²) in [6, 6.07) is 6.88. The molecule has 0 aliphatic rings. The molecule has 0 fully saturated rings. The van der Waals surface area contributed by atoms with Gasteiger partial charge in [-0.3, -0.25) is 9.59 Å². The molecule has 0 bridgehead atoms. The zero-order valence-electron chi connectivity index (χ0n) is 17.2. The van der Waals surface area contributed by atoms with Gasteiger partial charge in [0.15, 0.2) is 0 Å². The van der Waals surface area contributed by atoms with Gasteiger partial charge in [0.25, 0.3) is 5.56 Å². The van der Waals surface area contributed by atoms with Crippen molar-refractivity contribution >= 4 is 45.2 Å². The Labute approximate surface area is 182 Å². The molecule has 0 saturated heterocycles. The summed E-state index contributed by atoms with van der Waals surface area (Å²) in [6.45, 7) is 6.08. The molecule has 1 aromatic carbocycles. The van der Waals surface area contributed by atoms with Crippen LogP contribution < -0.4 is 10.9 Å². The Balaban J connectivity index is 1.55. The van der Waals surface area contributed by atoms with E-state index in [0.29, 0.717) is 29.1 Å². The number of thioether (sulfide) groups is 1. The summed E-state index contributed by atoms with van der Waals surface area (Å²) >= 11 is 2.92.